The predicted molar refractivity (Wildman–Crippen MR) is 63.8 cm³/mol. The van der Waals surface area contributed by atoms with Crippen LogP contribution in [-0.4, -0.2) is 13.3 Å². The second-order valence-corrected chi connectivity index (χ2v) is 4.05. The van der Waals surface area contributed by atoms with Gasteiger partial charge in [-0.25, -0.2) is 0 Å². The highest BCUT2D eigenvalue weighted by Crippen LogP contribution is 2.28. The highest BCUT2D eigenvalue weighted by Gasteiger charge is 2.15. The first-order chi connectivity index (χ1) is 6.61. The molecule has 0 N–H and O–H groups in total. The molecule has 1 unspecified atom stereocenters. The van der Waals surface area contributed by atoms with Crippen LogP contribution in [0.3, 0.4) is 0 Å². The summed E-state index contributed by atoms with van der Waals surface area (Å²) in [6, 6.07) is 0. The summed E-state index contributed by atoms with van der Waals surface area (Å²) in [7, 11) is 1.81. The second-order valence-electron chi connectivity index (χ2n) is 4.05. The molecule has 0 fully saturated rings. The van der Waals surface area contributed by atoms with Crippen molar-refractivity contribution in [3.8, 4) is 0 Å². The van der Waals surface area contributed by atoms with E-state index in [1.165, 1.54) is 11.1 Å². The van der Waals surface area contributed by atoms with E-state index >= 15 is 0 Å². The minimum atomic E-state index is 0.199. The van der Waals surface area contributed by atoms with Gasteiger partial charge in [0.15, 0.2) is 0 Å². The van der Waals surface area contributed by atoms with E-state index in [0.717, 1.165) is 6.42 Å². The van der Waals surface area contributed by atoms with E-state index in [1.807, 2.05) is 13.3 Å². The molecule has 0 amide bonds. The molecule has 0 aliphatic heterocycles. The van der Waals surface area contributed by atoms with Crippen LogP contribution in [0.4, 0.5) is 0 Å². The predicted octanol–water partition coefficient (Wildman–Crippen LogP) is 3.55. The van der Waals surface area contributed by atoms with Crippen LogP contribution in [0, 0.1) is 5.41 Å². The summed E-state index contributed by atoms with van der Waals surface area (Å²) in [6.07, 6.45) is 11.9. The van der Waals surface area contributed by atoms with Crippen LogP contribution in [0.5, 0.6) is 0 Å². The van der Waals surface area contributed by atoms with Crippen molar-refractivity contribution in [1.29, 1.82) is 0 Å². The monoisotopic (exact) mass is 189 g/mol. The number of aliphatic imine (C=N–C) groups is 1. The Labute approximate surface area is 86.9 Å². The maximum absolute atomic E-state index is 4.06. The molecule has 0 spiro atoms. The molecule has 0 heterocycles. The maximum Gasteiger partial charge on any atom is 0.0283 e. The van der Waals surface area contributed by atoms with Crippen LogP contribution in [0.25, 0.3) is 0 Å². The van der Waals surface area contributed by atoms with Gasteiger partial charge in [0.1, 0.15) is 0 Å². The third-order valence-corrected chi connectivity index (χ3v) is 2.84. The van der Waals surface area contributed by atoms with Crippen LogP contribution in [0.15, 0.2) is 40.4 Å². The average Bonchev–Trinajstić information content (AvgIpc) is 2.32. The molecule has 1 heteroatoms. The lowest BCUT2D eigenvalue weighted by molar-refractivity contribution is 0.531. The zero-order chi connectivity index (χ0) is 10.6. The Morgan fingerprint density at radius 1 is 1.36 bits per heavy atom. The molecule has 14 heavy (non-hydrogen) atoms. The van der Waals surface area contributed by atoms with Crippen molar-refractivity contribution in [3.63, 3.8) is 0 Å². The summed E-state index contributed by atoms with van der Waals surface area (Å²) in [5, 5.41) is 0. The molecule has 76 valence electrons. The lowest BCUT2D eigenvalue weighted by Crippen LogP contribution is -2.06. The average molecular weight is 189 g/mol. The molecular weight excluding hydrogens is 170 g/mol. The van der Waals surface area contributed by atoms with E-state index in [2.05, 4.69) is 50.1 Å². The van der Waals surface area contributed by atoms with Gasteiger partial charge < -0.3 is 0 Å². The molecule has 0 saturated heterocycles. The van der Waals surface area contributed by atoms with Gasteiger partial charge >= 0.3 is 0 Å². The van der Waals surface area contributed by atoms with Crippen molar-refractivity contribution in [2.45, 2.75) is 27.2 Å². The lowest BCUT2D eigenvalue weighted by atomic mass is 9.87. The van der Waals surface area contributed by atoms with Gasteiger partial charge in [0.05, 0.1) is 0 Å². The summed E-state index contributed by atoms with van der Waals surface area (Å²) in [6.45, 7) is 6.58. The SMILES string of the molecule is CCC1(C)C=CC(C)=C(/C=N\C)C=C1. The molecule has 1 rings (SSSR count). The number of hydrogen-bond donors (Lipinski definition) is 0. The largest absolute Gasteiger partial charge is 0.296 e. The molecule has 1 nitrogen and oxygen atoms in total. The quantitative estimate of drug-likeness (QED) is 0.589. The summed E-state index contributed by atoms with van der Waals surface area (Å²) in [5.41, 5.74) is 2.69. The molecule has 1 aliphatic rings. The standard InChI is InChI=1S/C13H19N/c1-5-13(3)8-6-11(2)12(7-9-13)10-14-4/h6-10H,5H2,1-4H3/b14-10-. The first-order valence-electron chi connectivity index (χ1n) is 5.13. The van der Waals surface area contributed by atoms with Crippen molar-refractivity contribution in [1.82, 2.24) is 0 Å². The van der Waals surface area contributed by atoms with Gasteiger partial charge in [-0.1, -0.05) is 38.2 Å². The Morgan fingerprint density at radius 2 is 2.00 bits per heavy atom. The topological polar surface area (TPSA) is 12.4 Å². The molecule has 0 saturated carbocycles. The summed E-state index contributed by atoms with van der Waals surface area (Å²) >= 11 is 0. The highest BCUT2D eigenvalue weighted by molar-refractivity contribution is 5.84. The minimum Gasteiger partial charge on any atom is -0.296 e. The first-order valence-corrected chi connectivity index (χ1v) is 5.13. The van der Waals surface area contributed by atoms with Crippen LogP contribution in [0.2, 0.25) is 0 Å². The smallest absolute Gasteiger partial charge is 0.0283 e. The Morgan fingerprint density at radius 3 is 2.57 bits per heavy atom. The maximum atomic E-state index is 4.06. The molecule has 0 aromatic rings. The summed E-state index contributed by atoms with van der Waals surface area (Å²) in [4.78, 5) is 4.06. The molecule has 0 radical (unpaired) electrons. The summed E-state index contributed by atoms with van der Waals surface area (Å²) in [5.74, 6) is 0. The van der Waals surface area contributed by atoms with Crippen molar-refractivity contribution in [3.05, 3.63) is 35.5 Å². The molecule has 1 atom stereocenters. The van der Waals surface area contributed by atoms with Gasteiger partial charge in [0.2, 0.25) is 0 Å². The number of rotatable bonds is 2. The first kappa shape index (κ1) is 11.0. The Kier molecular flexibility index (Phi) is 3.45. The van der Waals surface area contributed by atoms with E-state index in [-0.39, 0.29) is 5.41 Å². The van der Waals surface area contributed by atoms with Gasteiger partial charge in [-0.3, -0.25) is 4.99 Å². The van der Waals surface area contributed by atoms with Gasteiger partial charge in [-0.15, -0.1) is 0 Å². The number of allylic oxidation sites excluding steroid dienone is 6. The van der Waals surface area contributed by atoms with Crippen LogP contribution in [-0.2, 0) is 0 Å². The van der Waals surface area contributed by atoms with E-state index in [1.54, 1.807) is 0 Å². The Hall–Kier alpha value is -1.11. The molecule has 1 aliphatic carbocycles. The zero-order valence-corrected chi connectivity index (χ0v) is 9.54. The van der Waals surface area contributed by atoms with Crippen LogP contribution in [0.1, 0.15) is 27.2 Å². The fraction of sp³-hybridized carbons (Fsp3) is 0.462. The third-order valence-electron chi connectivity index (χ3n) is 2.84. The molecule has 0 bridgehead atoms. The van der Waals surface area contributed by atoms with E-state index in [0.29, 0.717) is 0 Å². The summed E-state index contributed by atoms with van der Waals surface area (Å²) < 4.78 is 0. The fourth-order valence-electron chi connectivity index (χ4n) is 1.40. The van der Waals surface area contributed by atoms with Crippen molar-refractivity contribution >= 4 is 6.21 Å². The van der Waals surface area contributed by atoms with E-state index in [9.17, 15) is 0 Å². The number of hydrogen-bond acceptors (Lipinski definition) is 1. The normalized spacial score (nSPS) is 27.4. The fourth-order valence-corrected chi connectivity index (χ4v) is 1.40. The third kappa shape index (κ3) is 2.44. The lowest BCUT2D eigenvalue weighted by Gasteiger charge is -2.18. The Bertz CT molecular complexity index is 318. The molecular formula is C13H19N. The van der Waals surface area contributed by atoms with Gasteiger partial charge in [-0.2, -0.15) is 0 Å². The van der Waals surface area contributed by atoms with Gasteiger partial charge in [0.25, 0.3) is 0 Å². The highest BCUT2D eigenvalue weighted by atomic mass is 14.6. The van der Waals surface area contributed by atoms with Gasteiger partial charge in [0, 0.05) is 18.7 Å². The second kappa shape index (κ2) is 4.41. The van der Waals surface area contributed by atoms with Crippen molar-refractivity contribution in [2.24, 2.45) is 10.4 Å². The van der Waals surface area contributed by atoms with E-state index < -0.39 is 0 Å². The van der Waals surface area contributed by atoms with Crippen molar-refractivity contribution in [2.75, 3.05) is 7.05 Å². The molecule has 0 aromatic heterocycles. The van der Waals surface area contributed by atoms with Gasteiger partial charge in [-0.05, 0) is 24.5 Å². The molecule has 0 aromatic carbocycles. The number of nitrogens with zero attached hydrogens (tertiary/aromatic N) is 1. The van der Waals surface area contributed by atoms with E-state index in [4.69, 9.17) is 0 Å². The zero-order valence-electron chi connectivity index (χ0n) is 9.54. The minimum absolute atomic E-state index is 0.199. The van der Waals surface area contributed by atoms with Crippen LogP contribution < -0.4 is 0 Å². The van der Waals surface area contributed by atoms with Crippen molar-refractivity contribution < 1.29 is 0 Å². The van der Waals surface area contributed by atoms with Crippen LogP contribution >= 0.6 is 0 Å². The Balaban J connectivity index is 3.03.